The molecule has 0 amide bonds. The first kappa shape index (κ1) is 12.7. The quantitative estimate of drug-likeness (QED) is 0.743. The topological polar surface area (TPSA) is 52.6 Å². The van der Waals surface area contributed by atoms with E-state index in [1.807, 2.05) is 6.92 Å². The van der Waals surface area contributed by atoms with Crippen LogP contribution in [0.4, 0.5) is 0 Å². The van der Waals surface area contributed by atoms with Crippen molar-refractivity contribution in [2.75, 3.05) is 13.2 Å². The van der Waals surface area contributed by atoms with Gasteiger partial charge in [0.05, 0.1) is 6.61 Å². The van der Waals surface area contributed by atoms with Crippen molar-refractivity contribution >= 4 is 23.1 Å². The molecule has 0 saturated heterocycles. The fourth-order valence-corrected chi connectivity index (χ4v) is 1.94. The Balaban J connectivity index is 2.85. The van der Waals surface area contributed by atoms with Gasteiger partial charge in [0.2, 0.25) is 0 Å². The Bertz CT molecular complexity index is 395. The molecule has 0 aromatic carbocycles. The molecule has 1 aromatic heterocycles. The number of hydrogen-bond donors (Lipinski definition) is 0. The van der Waals surface area contributed by atoms with Crippen LogP contribution >= 0.6 is 11.3 Å². The summed E-state index contributed by atoms with van der Waals surface area (Å²) in [5.74, 6) is -0.0605. The molecule has 0 fully saturated rings. The highest BCUT2D eigenvalue weighted by molar-refractivity contribution is 7.10. The Morgan fingerprint density at radius 3 is 2.69 bits per heavy atom. The van der Waals surface area contributed by atoms with E-state index in [1.165, 1.54) is 18.3 Å². The second-order valence-electron chi connectivity index (χ2n) is 3.24. The smallest absolute Gasteiger partial charge is 0.343 e. The summed E-state index contributed by atoms with van der Waals surface area (Å²) in [5.41, 5.74) is 0.424. The van der Waals surface area contributed by atoms with Gasteiger partial charge in [0.1, 0.15) is 17.9 Å². The van der Waals surface area contributed by atoms with Crippen molar-refractivity contribution in [3.05, 3.63) is 15.8 Å². The third-order valence-corrected chi connectivity index (χ3v) is 2.74. The Hall–Kier alpha value is -1.36. The fourth-order valence-electron chi connectivity index (χ4n) is 1.17. The average molecular weight is 242 g/mol. The van der Waals surface area contributed by atoms with Crippen molar-refractivity contribution < 1.29 is 19.1 Å². The third-order valence-electron chi connectivity index (χ3n) is 1.85. The van der Waals surface area contributed by atoms with Gasteiger partial charge >= 0.3 is 5.97 Å². The number of ketones is 1. The molecule has 88 valence electrons. The van der Waals surface area contributed by atoms with Gasteiger partial charge in [-0.25, -0.2) is 4.79 Å². The van der Waals surface area contributed by atoms with Crippen molar-refractivity contribution in [1.29, 1.82) is 0 Å². The SMILES string of the molecule is CCOC(=O)c1c(OCC(C)=O)csc1C. The predicted octanol–water partition coefficient (Wildman–Crippen LogP) is 2.20. The summed E-state index contributed by atoms with van der Waals surface area (Å²) in [7, 11) is 0. The van der Waals surface area contributed by atoms with E-state index in [0.29, 0.717) is 17.9 Å². The molecule has 0 saturated carbocycles. The molecule has 0 spiro atoms. The van der Waals surface area contributed by atoms with Gasteiger partial charge in [0, 0.05) is 10.3 Å². The lowest BCUT2D eigenvalue weighted by Crippen LogP contribution is -2.11. The lowest BCUT2D eigenvalue weighted by atomic mass is 10.2. The summed E-state index contributed by atoms with van der Waals surface area (Å²) in [6.07, 6.45) is 0. The van der Waals surface area contributed by atoms with Gasteiger partial charge < -0.3 is 9.47 Å². The molecule has 5 heteroatoms. The van der Waals surface area contributed by atoms with E-state index in [1.54, 1.807) is 12.3 Å². The summed E-state index contributed by atoms with van der Waals surface area (Å²) in [4.78, 5) is 23.2. The van der Waals surface area contributed by atoms with Gasteiger partial charge in [-0.3, -0.25) is 4.79 Å². The lowest BCUT2D eigenvalue weighted by molar-refractivity contribution is -0.118. The molecule has 0 unspecified atom stereocenters. The minimum absolute atomic E-state index is 0.0252. The maximum atomic E-state index is 11.6. The van der Waals surface area contributed by atoms with E-state index in [0.717, 1.165) is 4.88 Å². The Labute approximate surface area is 98.2 Å². The number of hydrogen-bond acceptors (Lipinski definition) is 5. The lowest BCUT2D eigenvalue weighted by Gasteiger charge is -2.06. The molecule has 0 aliphatic rings. The largest absolute Gasteiger partial charge is 0.484 e. The Kier molecular flexibility index (Phi) is 4.49. The van der Waals surface area contributed by atoms with Gasteiger partial charge in [-0.05, 0) is 20.8 Å². The molecule has 1 rings (SSSR count). The van der Waals surface area contributed by atoms with Crippen LogP contribution in [0.1, 0.15) is 29.1 Å². The molecular formula is C11H14O4S. The molecule has 4 nitrogen and oxygen atoms in total. The summed E-state index contributed by atoms with van der Waals surface area (Å²) >= 11 is 1.40. The van der Waals surface area contributed by atoms with Crippen molar-refractivity contribution in [1.82, 2.24) is 0 Å². The average Bonchev–Trinajstić information content (AvgIpc) is 2.57. The number of aryl methyl sites for hydroxylation is 1. The first-order chi connectivity index (χ1) is 7.56. The molecule has 0 radical (unpaired) electrons. The van der Waals surface area contributed by atoms with E-state index in [-0.39, 0.29) is 12.4 Å². The number of esters is 1. The number of rotatable bonds is 5. The second-order valence-corrected chi connectivity index (χ2v) is 4.33. The van der Waals surface area contributed by atoms with Crippen molar-refractivity contribution in [2.24, 2.45) is 0 Å². The maximum Gasteiger partial charge on any atom is 0.343 e. The van der Waals surface area contributed by atoms with Crippen LogP contribution in [0.25, 0.3) is 0 Å². The molecule has 1 heterocycles. The van der Waals surface area contributed by atoms with Gasteiger partial charge in [0.25, 0.3) is 0 Å². The second kappa shape index (κ2) is 5.65. The molecule has 0 bridgehead atoms. The summed E-state index contributed by atoms with van der Waals surface area (Å²) < 4.78 is 10.2. The van der Waals surface area contributed by atoms with Crippen LogP contribution in [-0.2, 0) is 9.53 Å². The number of Topliss-reactive ketones (excluding diaryl/α,β-unsaturated/α-hetero) is 1. The molecular weight excluding hydrogens is 228 g/mol. The minimum atomic E-state index is -0.403. The molecule has 1 aromatic rings. The number of carbonyl (C=O) groups is 2. The molecule has 0 atom stereocenters. The highest BCUT2D eigenvalue weighted by Crippen LogP contribution is 2.29. The van der Waals surface area contributed by atoms with Gasteiger partial charge in [-0.1, -0.05) is 0 Å². The van der Waals surface area contributed by atoms with Gasteiger partial charge in [-0.15, -0.1) is 11.3 Å². The zero-order valence-electron chi connectivity index (χ0n) is 9.53. The normalized spacial score (nSPS) is 9.94. The maximum absolute atomic E-state index is 11.6. The van der Waals surface area contributed by atoms with Crippen LogP contribution in [0.2, 0.25) is 0 Å². The Morgan fingerprint density at radius 2 is 2.12 bits per heavy atom. The van der Waals surface area contributed by atoms with E-state index in [2.05, 4.69) is 0 Å². The number of thiophene rings is 1. The van der Waals surface area contributed by atoms with E-state index >= 15 is 0 Å². The van der Waals surface area contributed by atoms with Gasteiger partial charge in [-0.2, -0.15) is 0 Å². The van der Waals surface area contributed by atoms with Crippen molar-refractivity contribution in [3.63, 3.8) is 0 Å². The Morgan fingerprint density at radius 1 is 1.44 bits per heavy atom. The van der Waals surface area contributed by atoms with Crippen molar-refractivity contribution in [2.45, 2.75) is 20.8 Å². The summed E-state index contributed by atoms with van der Waals surface area (Å²) in [6, 6.07) is 0. The van der Waals surface area contributed by atoms with Crippen LogP contribution in [0.3, 0.4) is 0 Å². The zero-order valence-corrected chi connectivity index (χ0v) is 10.3. The molecule has 0 aliphatic heterocycles. The van der Waals surface area contributed by atoms with Crippen LogP contribution in [0, 0.1) is 6.92 Å². The third kappa shape index (κ3) is 3.06. The fraction of sp³-hybridized carbons (Fsp3) is 0.455. The zero-order chi connectivity index (χ0) is 12.1. The van der Waals surface area contributed by atoms with Crippen LogP contribution in [-0.4, -0.2) is 25.0 Å². The standard InChI is InChI=1S/C11H14O4S/c1-4-14-11(13)10-8(3)16-6-9(10)15-5-7(2)12/h6H,4-5H2,1-3H3. The van der Waals surface area contributed by atoms with Crippen LogP contribution in [0.15, 0.2) is 5.38 Å². The first-order valence-corrected chi connectivity index (χ1v) is 5.81. The molecule has 0 N–H and O–H groups in total. The molecule has 0 aliphatic carbocycles. The predicted molar refractivity (Wildman–Crippen MR) is 61.2 cm³/mol. The number of carbonyl (C=O) groups excluding carboxylic acids is 2. The summed E-state index contributed by atoms with van der Waals surface area (Å²) in [6.45, 7) is 5.29. The highest BCUT2D eigenvalue weighted by atomic mass is 32.1. The van der Waals surface area contributed by atoms with Crippen molar-refractivity contribution in [3.8, 4) is 5.75 Å². The first-order valence-electron chi connectivity index (χ1n) is 4.93. The van der Waals surface area contributed by atoms with E-state index < -0.39 is 5.97 Å². The number of ether oxygens (including phenoxy) is 2. The van der Waals surface area contributed by atoms with Crippen LogP contribution in [0.5, 0.6) is 5.75 Å². The highest BCUT2D eigenvalue weighted by Gasteiger charge is 2.19. The monoisotopic (exact) mass is 242 g/mol. The minimum Gasteiger partial charge on any atom is -0.484 e. The summed E-state index contributed by atoms with van der Waals surface area (Å²) in [5, 5.41) is 1.71. The van der Waals surface area contributed by atoms with E-state index in [4.69, 9.17) is 9.47 Å². The van der Waals surface area contributed by atoms with E-state index in [9.17, 15) is 9.59 Å². The van der Waals surface area contributed by atoms with Gasteiger partial charge in [0.15, 0.2) is 5.78 Å². The van der Waals surface area contributed by atoms with Crippen LogP contribution < -0.4 is 4.74 Å². The molecule has 16 heavy (non-hydrogen) atoms.